The van der Waals surface area contributed by atoms with Gasteiger partial charge in [-0.2, -0.15) is 0 Å². The van der Waals surface area contributed by atoms with Gasteiger partial charge in [0.25, 0.3) is 5.91 Å². The lowest BCUT2D eigenvalue weighted by molar-refractivity contribution is -0.136. The molecular formula is C9H10N2O4. The summed E-state index contributed by atoms with van der Waals surface area (Å²) >= 11 is 0. The molecule has 0 aliphatic heterocycles. The second-order valence-electron chi connectivity index (χ2n) is 2.84. The molecule has 1 aromatic heterocycles. The number of carbonyl (C=O) groups excluding carboxylic acids is 1. The van der Waals surface area contributed by atoms with Crippen molar-refractivity contribution in [2.45, 2.75) is 6.42 Å². The minimum absolute atomic E-state index is 0.0628. The molecule has 0 spiro atoms. The zero-order valence-corrected chi connectivity index (χ0v) is 7.82. The van der Waals surface area contributed by atoms with E-state index < -0.39 is 11.9 Å². The highest BCUT2D eigenvalue weighted by Gasteiger charge is 2.05. The summed E-state index contributed by atoms with van der Waals surface area (Å²) in [4.78, 5) is 34.5. The molecule has 0 atom stereocenters. The van der Waals surface area contributed by atoms with Gasteiger partial charge in [0.15, 0.2) is 0 Å². The zero-order valence-electron chi connectivity index (χ0n) is 7.82. The number of rotatable bonds is 4. The summed E-state index contributed by atoms with van der Waals surface area (Å²) in [6, 6.07) is 2.60. The van der Waals surface area contributed by atoms with Crippen molar-refractivity contribution in [1.82, 2.24) is 10.3 Å². The molecule has 1 aromatic rings. The van der Waals surface area contributed by atoms with Crippen LogP contribution in [0.25, 0.3) is 0 Å². The summed E-state index contributed by atoms with van der Waals surface area (Å²) in [7, 11) is 0. The molecule has 1 heterocycles. The van der Waals surface area contributed by atoms with Crippen molar-refractivity contribution in [3.05, 3.63) is 34.2 Å². The summed E-state index contributed by atoms with van der Waals surface area (Å²) in [5.41, 5.74) is -0.00271. The van der Waals surface area contributed by atoms with Gasteiger partial charge in [0.05, 0.1) is 12.0 Å². The number of amides is 1. The maximum absolute atomic E-state index is 11.3. The summed E-state index contributed by atoms with van der Waals surface area (Å²) in [6.45, 7) is 0.0628. The van der Waals surface area contributed by atoms with Crippen molar-refractivity contribution in [3.8, 4) is 0 Å². The molecule has 0 aromatic carbocycles. The number of aromatic nitrogens is 1. The van der Waals surface area contributed by atoms with E-state index in [0.29, 0.717) is 5.56 Å². The summed E-state index contributed by atoms with van der Waals surface area (Å²) < 4.78 is 0. The third kappa shape index (κ3) is 3.63. The lowest BCUT2D eigenvalue weighted by Crippen LogP contribution is -2.26. The predicted octanol–water partition coefficient (Wildman–Crippen LogP) is -0.421. The van der Waals surface area contributed by atoms with Crippen LogP contribution in [0.1, 0.15) is 16.8 Å². The van der Waals surface area contributed by atoms with Crippen LogP contribution in [0.4, 0.5) is 0 Å². The standard InChI is InChI=1S/C9H10N2O4/c12-7-2-1-6(5-11-7)9(15)10-4-3-8(13)14/h1-2,5H,3-4H2,(H,10,15)(H,11,12)(H,13,14). The zero-order chi connectivity index (χ0) is 11.3. The van der Waals surface area contributed by atoms with Gasteiger partial charge in [-0.3, -0.25) is 14.4 Å². The van der Waals surface area contributed by atoms with E-state index in [4.69, 9.17) is 5.11 Å². The van der Waals surface area contributed by atoms with Gasteiger partial charge in [0.2, 0.25) is 5.56 Å². The smallest absolute Gasteiger partial charge is 0.305 e. The molecule has 0 fully saturated rings. The van der Waals surface area contributed by atoms with Gasteiger partial charge in [-0.05, 0) is 6.07 Å². The van der Waals surface area contributed by atoms with Gasteiger partial charge in [-0.1, -0.05) is 0 Å². The first-order valence-corrected chi connectivity index (χ1v) is 4.28. The fourth-order valence-electron chi connectivity index (χ4n) is 0.937. The SMILES string of the molecule is O=C(O)CCNC(=O)c1ccc(=O)[nH]c1. The largest absolute Gasteiger partial charge is 0.481 e. The molecule has 3 N–H and O–H groups in total. The highest BCUT2D eigenvalue weighted by molar-refractivity contribution is 5.93. The Morgan fingerprint density at radius 3 is 2.67 bits per heavy atom. The van der Waals surface area contributed by atoms with Crippen molar-refractivity contribution in [1.29, 1.82) is 0 Å². The molecule has 6 heteroatoms. The third-order valence-electron chi connectivity index (χ3n) is 1.67. The van der Waals surface area contributed by atoms with Crippen LogP contribution in [0, 0.1) is 0 Å². The molecular weight excluding hydrogens is 200 g/mol. The van der Waals surface area contributed by atoms with Crippen LogP contribution in [-0.2, 0) is 4.79 Å². The van der Waals surface area contributed by atoms with Crippen LogP contribution in [-0.4, -0.2) is 28.5 Å². The lowest BCUT2D eigenvalue weighted by atomic mass is 10.2. The van der Waals surface area contributed by atoms with Crippen molar-refractivity contribution in [3.63, 3.8) is 0 Å². The summed E-state index contributed by atoms with van der Waals surface area (Å²) in [6.07, 6.45) is 1.15. The maximum Gasteiger partial charge on any atom is 0.305 e. The minimum atomic E-state index is -0.975. The molecule has 6 nitrogen and oxygen atoms in total. The Kier molecular flexibility index (Phi) is 3.61. The number of carboxylic acid groups (broad SMARTS) is 1. The van der Waals surface area contributed by atoms with Gasteiger partial charge in [-0.15, -0.1) is 0 Å². The molecule has 0 saturated carbocycles. The topological polar surface area (TPSA) is 99.3 Å². The van der Waals surface area contributed by atoms with E-state index >= 15 is 0 Å². The molecule has 0 aliphatic carbocycles. The van der Waals surface area contributed by atoms with Crippen LogP contribution < -0.4 is 10.9 Å². The molecule has 0 aliphatic rings. The molecule has 0 bridgehead atoms. The summed E-state index contributed by atoms with van der Waals surface area (Å²) in [5.74, 6) is -1.38. The highest BCUT2D eigenvalue weighted by atomic mass is 16.4. The van der Waals surface area contributed by atoms with Crippen molar-refractivity contribution in [2.24, 2.45) is 0 Å². The van der Waals surface area contributed by atoms with Crippen LogP contribution >= 0.6 is 0 Å². The predicted molar refractivity (Wildman–Crippen MR) is 51.6 cm³/mol. The monoisotopic (exact) mass is 210 g/mol. The minimum Gasteiger partial charge on any atom is -0.481 e. The lowest BCUT2D eigenvalue weighted by Gasteiger charge is -2.02. The quantitative estimate of drug-likeness (QED) is 0.628. The number of carboxylic acids is 1. The van der Waals surface area contributed by atoms with Gasteiger partial charge in [-0.25, -0.2) is 0 Å². The number of aromatic amines is 1. The van der Waals surface area contributed by atoms with E-state index in [1.54, 1.807) is 0 Å². The highest BCUT2D eigenvalue weighted by Crippen LogP contribution is 1.92. The van der Waals surface area contributed by atoms with Crippen molar-refractivity contribution in [2.75, 3.05) is 6.54 Å². The Bertz CT molecular complexity index is 404. The van der Waals surface area contributed by atoms with E-state index in [9.17, 15) is 14.4 Å². The number of hydrogen-bond donors (Lipinski definition) is 3. The average Bonchev–Trinajstić information content (AvgIpc) is 2.18. The fraction of sp³-hybridized carbons (Fsp3) is 0.222. The second kappa shape index (κ2) is 4.94. The molecule has 1 amide bonds. The average molecular weight is 210 g/mol. The number of hydrogen-bond acceptors (Lipinski definition) is 3. The number of H-pyrrole nitrogens is 1. The molecule has 0 saturated heterocycles. The van der Waals surface area contributed by atoms with Gasteiger partial charge in [0.1, 0.15) is 0 Å². The molecule has 15 heavy (non-hydrogen) atoms. The van der Waals surface area contributed by atoms with E-state index in [0.717, 1.165) is 0 Å². The van der Waals surface area contributed by atoms with E-state index in [-0.39, 0.29) is 18.5 Å². The van der Waals surface area contributed by atoms with Gasteiger partial charge >= 0.3 is 5.97 Å². The Morgan fingerprint density at radius 2 is 2.13 bits per heavy atom. The Balaban J connectivity index is 2.50. The normalized spacial score (nSPS) is 9.60. The van der Waals surface area contributed by atoms with Gasteiger partial charge < -0.3 is 15.4 Å². The van der Waals surface area contributed by atoms with Crippen LogP contribution in [0.5, 0.6) is 0 Å². The Hall–Kier alpha value is -2.11. The van der Waals surface area contributed by atoms with Crippen LogP contribution in [0.15, 0.2) is 23.1 Å². The van der Waals surface area contributed by atoms with E-state index in [1.807, 2.05) is 0 Å². The first-order chi connectivity index (χ1) is 7.09. The number of pyridine rings is 1. The number of aliphatic carboxylic acids is 1. The molecule has 1 rings (SSSR count). The molecule has 0 unspecified atom stereocenters. The number of carbonyl (C=O) groups is 2. The molecule has 80 valence electrons. The van der Waals surface area contributed by atoms with Gasteiger partial charge in [0, 0.05) is 18.8 Å². The maximum atomic E-state index is 11.3. The van der Waals surface area contributed by atoms with Crippen molar-refractivity contribution >= 4 is 11.9 Å². The van der Waals surface area contributed by atoms with Crippen molar-refractivity contribution < 1.29 is 14.7 Å². The molecule has 0 radical (unpaired) electrons. The van der Waals surface area contributed by atoms with Crippen LogP contribution in [0.3, 0.4) is 0 Å². The first kappa shape index (κ1) is 11.0. The Labute approximate surface area is 84.9 Å². The summed E-state index contributed by atoms with van der Waals surface area (Å²) in [5, 5.41) is 10.7. The van der Waals surface area contributed by atoms with E-state index in [1.165, 1.54) is 18.3 Å². The van der Waals surface area contributed by atoms with E-state index in [2.05, 4.69) is 10.3 Å². The second-order valence-corrected chi connectivity index (χ2v) is 2.84. The van der Waals surface area contributed by atoms with Crippen LogP contribution in [0.2, 0.25) is 0 Å². The first-order valence-electron chi connectivity index (χ1n) is 4.28. The number of nitrogens with one attached hydrogen (secondary N) is 2. The third-order valence-corrected chi connectivity index (χ3v) is 1.67. The fourth-order valence-corrected chi connectivity index (χ4v) is 0.937. The Morgan fingerprint density at radius 1 is 1.40 bits per heavy atom.